The summed E-state index contributed by atoms with van der Waals surface area (Å²) in [6.45, 7) is 12.6. The van der Waals surface area contributed by atoms with Crippen molar-refractivity contribution >= 4 is 0 Å². The molecular weight excluding hydrogens is 301 g/mol. The van der Waals surface area contributed by atoms with E-state index < -0.39 is 0 Å². The average Bonchev–Trinajstić information content (AvgIpc) is 2.58. The van der Waals surface area contributed by atoms with Gasteiger partial charge in [-0.05, 0) is 76.0 Å². The van der Waals surface area contributed by atoms with Crippen LogP contribution >= 0.6 is 0 Å². The summed E-state index contributed by atoms with van der Waals surface area (Å²) in [5.41, 5.74) is 2.34. The van der Waals surface area contributed by atoms with E-state index in [4.69, 9.17) is 0 Å². The number of rotatable bonds is 4. The molecule has 2 heterocycles. The van der Waals surface area contributed by atoms with Gasteiger partial charge in [0.25, 0.3) is 0 Å². The third-order valence-corrected chi connectivity index (χ3v) is 6.13. The van der Waals surface area contributed by atoms with Crippen molar-refractivity contribution in [2.45, 2.75) is 39.3 Å². The lowest BCUT2D eigenvalue weighted by Gasteiger charge is -2.42. The number of nitrogens with zero attached hydrogens (tertiary/aromatic N) is 3. The lowest BCUT2D eigenvalue weighted by molar-refractivity contribution is 0.0598. The van der Waals surface area contributed by atoms with E-state index in [1.165, 1.54) is 57.7 Å². The molecule has 0 amide bonds. The molecule has 0 saturated carbocycles. The summed E-state index contributed by atoms with van der Waals surface area (Å²) in [4.78, 5) is 7.65. The third-order valence-electron chi connectivity index (χ3n) is 6.13. The van der Waals surface area contributed by atoms with Crippen LogP contribution in [0.2, 0.25) is 0 Å². The maximum absolute atomic E-state index is 13.2. The van der Waals surface area contributed by atoms with Crippen molar-refractivity contribution in [3.63, 3.8) is 0 Å². The molecule has 2 fully saturated rings. The Labute approximate surface area is 146 Å². The van der Waals surface area contributed by atoms with Gasteiger partial charge in [0.2, 0.25) is 0 Å². The minimum absolute atomic E-state index is 0.129. The van der Waals surface area contributed by atoms with Gasteiger partial charge in [0, 0.05) is 38.8 Å². The number of piperidine rings is 1. The van der Waals surface area contributed by atoms with Gasteiger partial charge in [-0.15, -0.1) is 0 Å². The van der Waals surface area contributed by atoms with Crippen molar-refractivity contribution in [2.75, 3.05) is 46.3 Å². The van der Waals surface area contributed by atoms with E-state index in [1.807, 2.05) is 13.0 Å². The molecule has 2 saturated heterocycles. The molecule has 1 unspecified atom stereocenters. The van der Waals surface area contributed by atoms with Crippen LogP contribution in [0.5, 0.6) is 0 Å². The standard InChI is InChI=1S/C20H32FN3/c1-16-14-20(21)5-4-19(16)15-23-8-6-18(7-9-23)17(2)24-12-10-22(3)11-13-24/h4-5,14,17-18H,6-13,15H2,1-3H3. The van der Waals surface area contributed by atoms with Crippen LogP contribution < -0.4 is 0 Å². The highest BCUT2D eigenvalue weighted by atomic mass is 19.1. The van der Waals surface area contributed by atoms with Crippen LogP contribution in [0.1, 0.15) is 30.9 Å². The van der Waals surface area contributed by atoms with Gasteiger partial charge in [0.05, 0.1) is 0 Å². The van der Waals surface area contributed by atoms with E-state index >= 15 is 0 Å². The quantitative estimate of drug-likeness (QED) is 0.839. The molecule has 1 aromatic carbocycles. The molecule has 24 heavy (non-hydrogen) atoms. The Bertz CT molecular complexity index is 532. The number of halogens is 1. The number of likely N-dealkylation sites (tertiary alicyclic amines) is 1. The maximum atomic E-state index is 13.2. The first kappa shape index (κ1) is 17.8. The van der Waals surface area contributed by atoms with E-state index in [0.717, 1.165) is 18.0 Å². The number of hydrogen-bond donors (Lipinski definition) is 0. The molecule has 0 spiro atoms. The molecule has 4 heteroatoms. The van der Waals surface area contributed by atoms with Crippen molar-refractivity contribution < 1.29 is 4.39 Å². The van der Waals surface area contributed by atoms with Crippen molar-refractivity contribution in [3.05, 3.63) is 35.1 Å². The largest absolute Gasteiger partial charge is 0.304 e. The number of hydrogen-bond acceptors (Lipinski definition) is 3. The van der Waals surface area contributed by atoms with Crippen molar-refractivity contribution in [1.82, 2.24) is 14.7 Å². The molecule has 0 aromatic heterocycles. The molecule has 2 aliphatic rings. The number of benzene rings is 1. The van der Waals surface area contributed by atoms with E-state index in [2.05, 4.69) is 28.7 Å². The topological polar surface area (TPSA) is 9.72 Å². The smallest absolute Gasteiger partial charge is 0.123 e. The van der Waals surface area contributed by atoms with Crippen LogP contribution in [0.15, 0.2) is 18.2 Å². The second kappa shape index (κ2) is 7.94. The number of likely N-dealkylation sites (N-methyl/N-ethyl adjacent to an activating group) is 1. The van der Waals surface area contributed by atoms with Crippen molar-refractivity contribution in [3.8, 4) is 0 Å². The third kappa shape index (κ3) is 4.35. The van der Waals surface area contributed by atoms with Crippen LogP contribution in [0.3, 0.4) is 0 Å². The summed E-state index contributed by atoms with van der Waals surface area (Å²) >= 11 is 0. The Morgan fingerprint density at radius 3 is 2.38 bits per heavy atom. The van der Waals surface area contributed by atoms with E-state index in [1.54, 1.807) is 12.1 Å². The molecule has 0 N–H and O–H groups in total. The van der Waals surface area contributed by atoms with E-state index in [0.29, 0.717) is 6.04 Å². The summed E-state index contributed by atoms with van der Waals surface area (Å²) < 4.78 is 13.2. The maximum Gasteiger partial charge on any atom is 0.123 e. The van der Waals surface area contributed by atoms with Gasteiger partial charge in [-0.3, -0.25) is 9.80 Å². The van der Waals surface area contributed by atoms with Crippen LogP contribution in [0, 0.1) is 18.7 Å². The molecule has 3 rings (SSSR count). The first-order valence-corrected chi connectivity index (χ1v) is 9.43. The summed E-state index contributed by atoms with van der Waals surface area (Å²) in [6, 6.07) is 5.89. The molecule has 1 atom stereocenters. The fourth-order valence-corrected chi connectivity index (χ4v) is 4.20. The first-order chi connectivity index (χ1) is 11.5. The second-order valence-corrected chi connectivity index (χ2v) is 7.76. The van der Waals surface area contributed by atoms with Crippen LogP contribution in [-0.4, -0.2) is 67.1 Å². The van der Waals surface area contributed by atoms with Crippen molar-refractivity contribution in [2.24, 2.45) is 5.92 Å². The molecule has 1 aromatic rings. The normalized spacial score (nSPS) is 23.5. The minimum atomic E-state index is -0.129. The Morgan fingerprint density at radius 2 is 1.75 bits per heavy atom. The van der Waals surface area contributed by atoms with Crippen LogP contribution in [0.4, 0.5) is 4.39 Å². The Morgan fingerprint density at radius 1 is 1.08 bits per heavy atom. The van der Waals surface area contributed by atoms with Gasteiger partial charge >= 0.3 is 0 Å². The zero-order valence-corrected chi connectivity index (χ0v) is 15.5. The highest BCUT2D eigenvalue weighted by Gasteiger charge is 2.29. The fraction of sp³-hybridized carbons (Fsp3) is 0.700. The minimum Gasteiger partial charge on any atom is -0.304 e. The van der Waals surface area contributed by atoms with E-state index in [-0.39, 0.29) is 5.82 Å². The van der Waals surface area contributed by atoms with Crippen LogP contribution in [0.25, 0.3) is 0 Å². The zero-order valence-electron chi connectivity index (χ0n) is 15.5. The van der Waals surface area contributed by atoms with Gasteiger partial charge in [0.15, 0.2) is 0 Å². The zero-order chi connectivity index (χ0) is 17.1. The van der Waals surface area contributed by atoms with Gasteiger partial charge in [0.1, 0.15) is 5.82 Å². The molecule has 134 valence electrons. The lowest BCUT2D eigenvalue weighted by atomic mass is 9.88. The van der Waals surface area contributed by atoms with Gasteiger partial charge in [-0.25, -0.2) is 4.39 Å². The molecule has 0 aliphatic carbocycles. The van der Waals surface area contributed by atoms with Crippen molar-refractivity contribution in [1.29, 1.82) is 0 Å². The average molecular weight is 333 g/mol. The second-order valence-electron chi connectivity index (χ2n) is 7.76. The first-order valence-electron chi connectivity index (χ1n) is 9.43. The van der Waals surface area contributed by atoms with E-state index in [9.17, 15) is 4.39 Å². The summed E-state index contributed by atoms with van der Waals surface area (Å²) in [5, 5.41) is 0. The Hall–Kier alpha value is -0.970. The predicted molar refractivity (Wildman–Crippen MR) is 97.7 cm³/mol. The Balaban J connectivity index is 1.48. The molecule has 0 bridgehead atoms. The van der Waals surface area contributed by atoms with Crippen LogP contribution in [-0.2, 0) is 6.54 Å². The lowest BCUT2D eigenvalue weighted by Crippen LogP contribution is -2.51. The van der Waals surface area contributed by atoms with Gasteiger partial charge in [-0.2, -0.15) is 0 Å². The monoisotopic (exact) mass is 333 g/mol. The highest BCUT2D eigenvalue weighted by molar-refractivity contribution is 5.26. The number of piperazine rings is 1. The highest BCUT2D eigenvalue weighted by Crippen LogP contribution is 2.26. The molecular formula is C20H32FN3. The SMILES string of the molecule is Cc1cc(F)ccc1CN1CCC(C(C)N2CCN(C)CC2)CC1. The summed E-state index contributed by atoms with van der Waals surface area (Å²) in [7, 11) is 2.22. The van der Waals surface area contributed by atoms with Gasteiger partial charge < -0.3 is 4.90 Å². The Kier molecular flexibility index (Phi) is 5.90. The van der Waals surface area contributed by atoms with Gasteiger partial charge in [-0.1, -0.05) is 6.07 Å². The number of aryl methyl sites for hydroxylation is 1. The predicted octanol–water partition coefficient (Wildman–Crippen LogP) is 2.98. The molecule has 3 nitrogen and oxygen atoms in total. The summed E-state index contributed by atoms with van der Waals surface area (Å²) in [5.74, 6) is 0.690. The summed E-state index contributed by atoms with van der Waals surface area (Å²) in [6.07, 6.45) is 2.57. The fourth-order valence-electron chi connectivity index (χ4n) is 4.20. The molecule has 2 aliphatic heterocycles. The molecule has 0 radical (unpaired) electrons.